The number of hydrogen-bond donors (Lipinski definition) is 0. The molecular weight excluding hydrogens is 288 g/mol. The minimum absolute atomic E-state index is 0.00698. The van der Waals surface area contributed by atoms with E-state index in [4.69, 9.17) is 9.47 Å². The molecule has 0 amide bonds. The molecule has 0 aliphatic heterocycles. The molecule has 3 atom stereocenters. The summed E-state index contributed by atoms with van der Waals surface area (Å²) in [6, 6.07) is 10.2. The third-order valence-corrected chi connectivity index (χ3v) is 3.88. The number of carbonyl (C=O) groups is 1. The molecule has 3 nitrogen and oxygen atoms in total. The highest BCUT2D eigenvalue weighted by atomic mass is 16.5. The van der Waals surface area contributed by atoms with Crippen LogP contribution in [0.25, 0.3) is 0 Å². The van der Waals surface area contributed by atoms with Crippen LogP contribution in [-0.4, -0.2) is 19.2 Å². The molecule has 3 heteroatoms. The van der Waals surface area contributed by atoms with Crippen molar-refractivity contribution in [1.29, 1.82) is 0 Å². The molecule has 0 radical (unpaired) electrons. The molecule has 0 spiro atoms. The first-order chi connectivity index (χ1) is 10.8. The third kappa shape index (κ3) is 6.57. The first kappa shape index (κ1) is 19.4. The second kappa shape index (κ2) is 8.88. The van der Waals surface area contributed by atoms with Gasteiger partial charge in [-0.05, 0) is 17.9 Å². The highest BCUT2D eigenvalue weighted by molar-refractivity contribution is 5.73. The monoisotopic (exact) mass is 318 g/mol. The molecule has 1 aromatic rings. The maximum atomic E-state index is 11.5. The average molecular weight is 318 g/mol. The van der Waals surface area contributed by atoms with Gasteiger partial charge in [-0.3, -0.25) is 4.79 Å². The molecule has 23 heavy (non-hydrogen) atoms. The molecule has 0 aromatic heterocycles. The van der Waals surface area contributed by atoms with Gasteiger partial charge in [-0.1, -0.05) is 70.2 Å². The second-order valence-corrected chi connectivity index (χ2v) is 7.14. The second-order valence-electron chi connectivity index (χ2n) is 7.14. The lowest BCUT2D eigenvalue weighted by Gasteiger charge is -2.34. The van der Waals surface area contributed by atoms with Gasteiger partial charge in [-0.25, -0.2) is 0 Å². The van der Waals surface area contributed by atoms with E-state index in [2.05, 4.69) is 45.9 Å². The van der Waals surface area contributed by atoms with Crippen LogP contribution < -0.4 is 0 Å². The molecule has 1 aromatic carbocycles. The van der Waals surface area contributed by atoms with E-state index in [0.717, 1.165) is 0 Å². The van der Waals surface area contributed by atoms with E-state index < -0.39 is 0 Å². The number of methoxy groups -OCH3 is 1. The van der Waals surface area contributed by atoms with E-state index in [-0.39, 0.29) is 29.3 Å². The highest BCUT2D eigenvalue weighted by Gasteiger charge is 2.29. The van der Waals surface area contributed by atoms with Crippen molar-refractivity contribution < 1.29 is 14.3 Å². The zero-order valence-corrected chi connectivity index (χ0v) is 15.2. The smallest absolute Gasteiger partial charge is 0.312 e. The lowest BCUT2D eigenvalue weighted by molar-refractivity contribution is -0.143. The van der Waals surface area contributed by atoms with Crippen LogP contribution in [0.3, 0.4) is 0 Å². The Hall–Kier alpha value is -1.61. The standard InChI is InChI=1S/C20H30O3/c1-15(12-13-16(2)19(21)22-6)18(20(3,4)5)23-14-17-10-8-7-9-11-17/h7-13,15-16,18H,14H2,1-6H3/b13-12+/t15-,16+,18+/m1/s1. The molecule has 0 aliphatic carbocycles. The molecule has 0 heterocycles. The molecule has 0 bridgehead atoms. The zero-order chi connectivity index (χ0) is 17.5. The summed E-state index contributed by atoms with van der Waals surface area (Å²) in [5, 5.41) is 0. The van der Waals surface area contributed by atoms with Crippen molar-refractivity contribution in [3.05, 3.63) is 48.0 Å². The van der Waals surface area contributed by atoms with Crippen LogP contribution in [0.4, 0.5) is 0 Å². The van der Waals surface area contributed by atoms with Crippen LogP contribution in [0.15, 0.2) is 42.5 Å². The van der Waals surface area contributed by atoms with E-state index >= 15 is 0 Å². The Labute approximate surface area is 140 Å². The zero-order valence-electron chi connectivity index (χ0n) is 15.2. The van der Waals surface area contributed by atoms with E-state index in [1.807, 2.05) is 31.2 Å². The molecule has 0 aliphatic rings. The van der Waals surface area contributed by atoms with Crippen LogP contribution in [0.2, 0.25) is 0 Å². The van der Waals surface area contributed by atoms with Crippen LogP contribution >= 0.6 is 0 Å². The lowest BCUT2D eigenvalue weighted by Crippen LogP contribution is -2.34. The van der Waals surface area contributed by atoms with Gasteiger partial charge in [0, 0.05) is 5.92 Å². The number of hydrogen-bond acceptors (Lipinski definition) is 3. The van der Waals surface area contributed by atoms with Crippen LogP contribution in [0, 0.1) is 17.3 Å². The van der Waals surface area contributed by atoms with E-state index in [1.54, 1.807) is 0 Å². The summed E-state index contributed by atoms with van der Waals surface area (Å²) in [4.78, 5) is 11.5. The first-order valence-electron chi connectivity index (χ1n) is 8.17. The van der Waals surface area contributed by atoms with Gasteiger partial charge in [0.1, 0.15) is 0 Å². The van der Waals surface area contributed by atoms with E-state index in [9.17, 15) is 4.79 Å². The quantitative estimate of drug-likeness (QED) is 0.543. The summed E-state index contributed by atoms with van der Waals surface area (Å²) in [5.41, 5.74) is 1.17. The Bertz CT molecular complexity index is 499. The summed E-state index contributed by atoms with van der Waals surface area (Å²) < 4.78 is 11.0. The largest absolute Gasteiger partial charge is 0.469 e. The SMILES string of the molecule is COC(=O)[C@@H](C)/C=C/[C@@H](C)[C@H](OCc1ccccc1)C(C)(C)C. The minimum Gasteiger partial charge on any atom is -0.469 e. The van der Waals surface area contributed by atoms with Gasteiger partial charge in [0.05, 0.1) is 25.7 Å². The maximum absolute atomic E-state index is 11.5. The van der Waals surface area contributed by atoms with Gasteiger partial charge in [0.25, 0.3) is 0 Å². The normalized spacial score (nSPS) is 16.1. The third-order valence-electron chi connectivity index (χ3n) is 3.88. The van der Waals surface area contributed by atoms with Crippen molar-refractivity contribution in [3.8, 4) is 0 Å². The van der Waals surface area contributed by atoms with Gasteiger partial charge >= 0.3 is 5.97 Å². The van der Waals surface area contributed by atoms with Crippen molar-refractivity contribution in [3.63, 3.8) is 0 Å². The maximum Gasteiger partial charge on any atom is 0.312 e. The minimum atomic E-state index is -0.239. The lowest BCUT2D eigenvalue weighted by atomic mass is 9.81. The number of ether oxygens (including phenoxy) is 2. The number of rotatable bonds is 7. The Balaban J connectivity index is 2.73. The molecule has 128 valence electrons. The van der Waals surface area contributed by atoms with E-state index in [1.165, 1.54) is 12.7 Å². The van der Waals surface area contributed by atoms with Crippen molar-refractivity contribution in [1.82, 2.24) is 0 Å². The fraction of sp³-hybridized carbons (Fsp3) is 0.550. The predicted octanol–water partition coefficient (Wildman–Crippen LogP) is 4.62. The fourth-order valence-corrected chi connectivity index (χ4v) is 2.66. The van der Waals surface area contributed by atoms with Crippen LogP contribution in [-0.2, 0) is 20.9 Å². The Morgan fingerprint density at radius 1 is 1.13 bits per heavy atom. The summed E-state index contributed by atoms with van der Waals surface area (Å²) in [5.74, 6) is -0.256. The fourth-order valence-electron chi connectivity index (χ4n) is 2.66. The van der Waals surface area contributed by atoms with Crippen molar-refractivity contribution in [2.24, 2.45) is 17.3 Å². The molecular formula is C20H30O3. The van der Waals surface area contributed by atoms with Crippen LogP contribution in [0.5, 0.6) is 0 Å². The Kier molecular flexibility index (Phi) is 7.50. The summed E-state index contributed by atoms with van der Waals surface area (Å²) in [7, 11) is 1.41. The summed E-state index contributed by atoms with van der Waals surface area (Å²) in [6.45, 7) is 11.1. The molecule has 0 fully saturated rings. The van der Waals surface area contributed by atoms with Crippen molar-refractivity contribution >= 4 is 5.97 Å². The number of benzene rings is 1. The van der Waals surface area contributed by atoms with Gasteiger partial charge in [0.15, 0.2) is 0 Å². The Morgan fingerprint density at radius 2 is 1.74 bits per heavy atom. The predicted molar refractivity (Wildman–Crippen MR) is 94.0 cm³/mol. The molecule has 0 saturated carbocycles. The van der Waals surface area contributed by atoms with Crippen LogP contribution in [0.1, 0.15) is 40.2 Å². The van der Waals surface area contributed by atoms with Crippen molar-refractivity contribution in [2.45, 2.75) is 47.3 Å². The summed E-state index contributed by atoms with van der Waals surface area (Å²) in [6.07, 6.45) is 4.02. The number of carbonyl (C=O) groups excluding carboxylic acids is 1. The van der Waals surface area contributed by atoms with Gasteiger partial charge < -0.3 is 9.47 Å². The molecule has 1 rings (SSSR count). The average Bonchev–Trinajstić information content (AvgIpc) is 2.51. The van der Waals surface area contributed by atoms with E-state index in [0.29, 0.717) is 6.61 Å². The number of esters is 1. The van der Waals surface area contributed by atoms with Gasteiger partial charge in [-0.2, -0.15) is 0 Å². The topological polar surface area (TPSA) is 35.5 Å². The highest BCUT2D eigenvalue weighted by Crippen LogP contribution is 2.30. The molecule has 0 N–H and O–H groups in total. The Morgan fingerprint density at radius 3 is 2.26 bits per heavy atom. The van der Waals surface area contributed by atoms with Crippen molar-refractivity contribution in [2.75, 3.05) is 7.11 Å². The first-order valence-corrected chi connectivity index (χ1v) is 8.17. The molecule has 0 unspecified atom stereocenters. The van der Waals surface area contributed by atoms with Gasteiger partial charge in [0.2, 0.25) is 0 Å². The molecule has 0 saturated heterocycles. The van der Waals surface area contributed by atoms with Gasteiger partial charge in [-0.15, -0.1) is 0 Å². The summed E-state index contributed by atoms with van der Waals surface area (Å²) >= 11 is 0.